The second-order valence-corrected chi connectivity index (χ2v) is 12.9. The number of allylic oxidation sites excluding steroid dienone is 2. The topological polar surface area (TPSA) is 235 Å². The average Bonchev–Trinajstić information content (AvgIpc) is 3.79. The molecule has 3 aliphatic rings. The zero-order valence-electron chi connectivity index (χ0n) is 29.1. The number of alkyl halides is 2. The molecule has 0 bridgehead atoms. The second-order valence-electron chi connectivity index (χ2n) is 12.9. The maximum Gasteiger partial charge on any atom is 0.308 e. The van der Waals surface area contributed by atoms with Crippen molar-refractivity contribution >= 4 is 11.9 Å². The molecule has 0 spiro atoms. The quantitative estimate of drug-likeness (QED) is 0.0534. The lowest BCUT2D eigenvalue weighted by molar-refractivity contribution is -0.790. The minimum absolute atomic E-state index is 0.00771. The summed E-state index contributed by atoms with van der Waals surface area (Å²) in [5.74, 6) is -5.30. The molecule has 2 heterocycles. The number of carbonyl (C=O) groups excluding carboxylic acids is 2. The minimum Gasteiger partial charge on any atom is -0.487 e. The summed E-state index contributed by atoms with van der Waals surface area (Å²) in [6.07, 6.45) is 0.670. The van der Waals surface area contributed by atoms with Gasteiger partial charge in [-0.25, -0.2) is 0 Å². The number of unbranched alkanes of at least 4 members (excludes halogenated alkanes) is 1. The van der Waals surface area contributed by atoms with E-state index >= 15 is 0 Å². The first kappa shape index (κ1) is 42.2. The van der Waals surface area contributed by atoms with E-state index in [1.807, 2.05) is 6.08 Å². The van der Waals surface area contributed by atoms with Gasteiger partial charge in [-0.2, -0.15) is 8.78 Å². The zero-order valence-corrected chi connectivity index (χ0v) is 29.1. The first-order valence-electron chi connectivity index (χ1n) is 17.4. The Morgan fingerprint density at radius 2 is 1.61 bits per heavy atom. The van der Waals surface area contributed by atoms with Gasteiger partial charge in [0.1, 0.15) is 24.6 Å². The Balaban J connectivity index is 1.10. The molecular weight excluding hydrogens is 730 g/mol. The molecule has 1 aromatic carbocycles. The van der Waals surface area contributed by atoms with Crippen LogP contribution in [0.5, 0.6) is 5.75 Å². The fourth-order valence-corrected chi connectivity index (χ4v) is 6.27. The summed E-state index contributed by atoms with van der Waals surface area (Å²) in [6, 6.07) is 8.23. The molecule has 1 saturated carbocycles. The van der Waals surface area contributed by atoms with Gasteiger partial charge in [0.2, 0.25) is 0 Å². The van der Waals surface area contributed by atoms with Gasteiger partial charge in [0.25, 0.3) is 16.1 Å². The molecule has 1 aromatic rings. The highest BCUT2D eigenvalue weighted by molar-refractivity contribution is 5.70. The molecule has 9 atom stereocenters. The van der Waals surface area contributed by atoms with Crippen LogP contribution in [0, 0.1) is 32.1 Å². The third-order valence-electron chi connectivity index (χ3n) is 8.86. The van der Waals surface area contributed by atoms with Crippen molar-refractivity contribution in [3.8, 4) is 5.75 Å². The Kier molecular flexibility index (Phi) is 16.3. The summed E-state index contributed by atoms with van der Waals surface area (Å²) >= 11 is 0. The Morgan fingerprint density at radius 1 is 0.944 bits per heavy atom. The van der Waals surface area contributed by atoms with Crippen molar-refractivity contribution in [1.82, 2.24) is 0 Å². The van der Waals surface area contributed by atoms with Crippen LogP contribution in [0.25, 0.3) is 0 Å². The molecule has 1 aliphatic carbocycles. The highest BCUT2D eigenvalue weighted by atomic mass is 19.3. The number of para-hydroxylation sites is 1. The molecule has 3 fully saturated rings. The largest absolute Gasteiger partial charge is 0.487 e. The number of hydrogen-bond acceptors (Lipinski definition) is 16. The lowest BCUT2D eigenvalue weighted by atomic mass is 9.89. The SMILES string of the molecule is O=C(CCCC=CC[C@@H]1[C@@H](C=CC(F)(F)COc2ccccc2)[C@H](O)C[C@@H]1O)O[C@@H]1CO[C@H]2[C@@H]1OC[C@H]2OC(=O)CCOCC(CO[N+](=O)[O-])O[N+](=O)[O-]. The number of esters is 2. The normalized spacial score (nSPS) is 27.1. The van der Waals surface area contributed by atoms with Gasteiger partial charge in [0.15, 0.2) is 24.9 Å². The first-order valence-corrected chi connectivity index (χ1v) is 17.4. The van der Waals surface area contributed by atoms with E-state index in [-0.39, 0.29) is 39.1 Å². The van der Waals surface area contributed by atoms with Crippen molar-refractivity contribution in [3.63, 3.8) is 0 Å². The van der Waals surface area contributed by atoms with E-state index in [4.69, 9.17) is 28.4 Å². The molecule has 54 heavy (non-hydrogen) atoms. The van der Waals surface area contributed by atoms with Crippen LogP contribution in [0.1, 0.15) is 38.5 Å². The zero-order chi connectivity index (χ0) is 39.1. The van der Waals surface area contributed by atoms with Crippen molar-refractivity contribution in [2.24, 2.45) is 11.8 Å². The standard InChI is InChI=1S/C34H44F2N2O16/c35-34(36,21-50-22-8-4-3-5-9-22)14-12-25-24(26(39)16-27(25)40)10-6-1-2-7-11-30(41)52-28-19-48-33-29(20-49-32(28)33)53-31(42)13-15-47-17-23(54-38(45)46)18-51-37(43)44/h1,3-6,8-9,12,14,23-29,32-33,39-40H,2,7,10-11,13,15-21H2/t23?,24-,25-,26+,27-,28-,29-,32-,33-/m1/s1. The summed E-state index contributed by atoms with van der Waals surface area (Å²) in [7, 11) is 0. The molecule has 20 heteroatoms. The van der Waals surface area contributed by atoms with E-state index in [2.05, 4.69) is 9.68 Å². The van der Waals surface area contributed by atoms with Crippen LogP contribution in [0.2, 0.25) is 0 Å². The Morgan fingerprint density at radius 3 is 2.26 bits per heavy atom. The van der Waals surface area contributed by atoms with Crippen LogP contribution in [-0.4, -0.2) is 121 Å². The van der Waals surface area contributed by atoms with Crippen molar-refractivity contribution in [3.05, 3.63) is 74.9 Å². The van der Waals surface area contributed by atoms with E-state index < -0.39 is 102 Å². The van der Waals surface area contributed by atoms with E-state index in [0.29, 0.717) is 31.1 Å². The molecule has 18 nitrogen and oxygen atoms in total. The van der Waals surface area contributed by atoms with Gasteiger partial charge in [0, 0.05) is 18.8 Å². The van der Waals surface area contributed by atoms with Gasteiger partial charge >= 0.3 is 11.9 Å². The van der Waals surface area contributed by atoms with Crippen LogP contribution in [0.15, 0.2) is 54.6 Å². The molecule has 0 amide bonds. The predicted octanol–water partition coefficient (Wildman–Crippen LogP) is 2.54. The number of aliphatic hydroxyl groups is 2. The smallest absolute Gasteiger partial charge is 0.308 e. The Hall–Kier alpha value is -4.50. The molecular formula is C34H44F2N2O16. The summed E-state index contributed by atoms with van der Waals surface area (Å²) in [5, 5.41) is 39.4. The van der Waals surface area contributed by atoms with Gasteiger partial charge in [-0.1, -0.05) is 36.4 Å². The summed E-state index contributed by atoms with van der Waals surface area (Å²) in [6.45, 7) is -2.29. The van der Waals surface area contributed by atoms with E-state index in [1.54, 1.807) is 36.4 Å². The maximum atomic E-state index is 14.5. The van der Waals surface area contributed by atoms with E-state index in [9.17, 15) is 48.8 Å². The number of halogens is 2. The Labute approximate surface area is 308 Å². The van der Waals surface area contributed by atoms with Crippen LogP contribution in [0.4, 0.5) is 8.78 Å². The van der Waals surface area contributed by atoms with Crippen LogP contribution in [0.3, 0.4) is 0 Å². The number of rotatable bonds is 23. The fourth-order valence-electron chi connectivity index (χ4n) is 6.27. The van der Waals surface area contributed by atoms with E-state index in [1.165, 1.54) is 6.08 Å². The summed E-state index contributed by atoms with van der Waals surface area (Å²) in [5.41, 5.74) is 0. The number of carbonyl (C=O) groups is 2. The lowest BCUT2D eigenvalue weighted by Gasteiger charge is -2.20. The number of ether oxygens (including phenoxy) is 6. The van der Waals surface area contributed by atoms with Gasteiger partial charge in [-0.05, 0) is 43.4 Å². The molecule has 2 N–H and O–H groups in total. The third-order valence-corrected chi connectivity index (χ3v) is 8.86. The van der Waals surface area contributed by atoms with Gasteiger partial charge in [-0.3, -0.25) is 9.59 Å². The monoisotopic (exact) mass is 774 g/mol. The van der Waals surface area contributed by atoms with Crippen molar-refractivity contribution < 1.29 is 76.9 Å². The third kappa shape index (κ3) is 13.7. The van der Waals surface area contributed by atoms with Crippen molar-refractivity contribution in [1.29, 1.82) is 0 Å². The molecule has 2 aliphatic heterocycles. The first-order chi connectivity index (χ1) is 25.8. The maximum absolute atomic E-state index is 14.5. The fraction of sp³-hybridized carbons (Fsp3) is 0.647. The highest BCUT2D eigenvalue weighted by Crippen LogP contribution is 2.37. The minimum atomic E-state index is -3.28. The molecule has 0 aromatic heterocycles. The molecule has 2 saturated heterocycles. The Bertz CT molecular complexity index is 1440. The molecule has 0 radical (unpaired) electrons. The van der Waals surface area contributed by atoms with Gasteiger partial charge < -0.3 is 48.3 Å². The van der Waals surface area contributed by atoms with E-state index in [0.717, 1.165) is 0 Å². The molecule has 1 unspecified atom stereocenters. The van der Waals surface area contributed by atoms with Gasteiger partial charge in [0.05, 0.1) is 45.1 Å². The highest BCUT2D eigenvalue weighted by Gasteiger charge is 2.51. The van der Waals surface area contributed by atoms with Crippen molar-refractivity contribution in [2.75, 3.05) is 39.6 Å². The van der Waals surface area contributed by atoms with Gasteiger partial charge in [-0.15, -0.1) is 20.2 Å². The number of nitrogens with zero attached hydrogens (tertiary/aromatic N) is 2. The van der Waals surface area contributed by atoms with Crippen molar-refractivity contribution in [2.45, 2.75) is 87.2 Å². The number of hydrogen-bond donors (Lipinski definition) is 2. The van der Waals surface area contributed by atoms with Crippen LogP contribution in [-0.2, 0) is 42.9 Å². The predicted molar refractivity (Wildman–Crippen MR) is 177 cm³/mol. The summed E-state index contributed by atoms with van der Waals surface area (Å²) < 4.78 is 61.5. The molecule has 4 rings (SSSR count). The number of benzene rings is 1. The summed E-state index contributed by atoms with van der Waals surface area (Å²) in [4.78, 5) is 54.0. The lowest BCUT2D eigenvalue weighted by Crippen LogP contribution is -2.36. The van der Waals surface area contributed by atoms with Crippen LogP contribution >= 0.6 is 0 Å². The second kappa shape index (κ2) is 20.8. The average molecular weight is 775 g/mol. The van der Waals surface area contributed by atoms with Crippen LogP contribution < -0.4 is 4.74 Å². The number of fused-ring (bicyclic) bond motifs is 1. The molecule has 300 valence electrons. The number of aliphatic hydroxyl groups excluding tert-OH is 2.